The fourth-order valence-corrected chi connectivity index (χ4v) is 2.81. The van der Waals surface area contributed by atoms with E-state index in [1.807, 2.05) is 30.8 Å². The number of hydrogen-bond acceptors (Lipinski definition) is 5. The summed E-state index contributed by atoms with van der Waals surface area (Å²) in [6.07, 6.45) is 2.73. The molecule has 1 N–H and O–H groups in total. The van der Waals surface area contributed by atoms with Crippen LogP contribution in [-0.4, -0.2) is 37.6 Å². The van der Waals surface area contributed by atoms with Crippen molar-refractivity contribution in [2.75, 3.05) is 6.61 Å². The van der Waals surface area contributed by atoms with Crippen molar-refractivity contribution in [3.8, 4) is 0 Å². The molecule has 2 aromatic rings. The molecule has 0 saturated heterocycles. The molecule has 6 nitrogen and oxygen atoms in total. The fourth-order valence-electron chi connectivity index (χ4n) is 2.81. The van der Waals surface area contributed by atoms with Gasteiger partial charge in [0, 0.05) is 37.4 Å². The minimum Gasteiger partial charge on any atom is -0.395 e. The molecular formula is C14H20N4O2. The van der Waals surface area contributed by atoms with Gasteiger partial charge in [-0.2, -0.15) is 5.10 Å². The maximum Gasteiger partial charge on any atom is 0.138 e. The normalized spacial score (nSPS) is 19.9. The predicted molar refractivity (Wildman–Crippen MR) is 72.9 cm³/mol. The number of rotatable bonds is 3. The van der Waals surface area contributed by atoms with Crippen LogP contribution in [0.15, 0.2) is 16.8 Å². The van der Waals surface area contributed by atoms with Crippen molar-refractivity contribution < 1.29 is 9.63 Å². The van der Waals surface area contributed by atoms with Crippen LogP contribution in [0.4, 0.5) is 0 Å². The molecule has 1 aliphatic rings. The zero-order valence-electron chi connectivity index (χ0n) is 11.9. The summed E-state index contributed by atoms with van der Waals surface area (Å²) >= 11 is 0. The molecular weight excluding hydrogens is 256 g/mol. The molecule has 0 fully saturated rings. The maximum atomic E-state index is 9.66. The summed E-state index contributed by atoms with van der Waals surface area (Å²) < 4.78 is 7.26. The van der Waals surface area contributed by atoms with Crippen molar-refractivity contribution >= 4 is 0 Å². The molecule has 108 valence electrons. The van der Waals surface area contributed by atoms with Crippen LogP contribution in [0, 0.1) is 13.8 Å². The third-order valence-corrected chi connectivity index (χ3v) is 4.11. The lowest BCUT2D eigenvalue weighted by molar-refractivity contribution is 0.107. The van der Waals surface area contributed by atoms with E-state index in [2.05, 4.69) is 15.2 Å². The van der Waals surface area contributed by atoms with E-state index in [1.165, 1.54) is 5.69 Å². The third-order valence-electron chi connectivity index (χ3n) is 4.11. The molecule has 2 aromatic heterocycles. The number of aryl methyl sites for hydroxylation is 3. The van der Waals surface area contributed by atoms with Gasteiger partial charge < -0.3 is 9.63 Å². The van der Waals surface area contributed by atoms with Crippen LogP contribution in [0.2, 0.25) is 0 Å². The summed E-state index contributed by atoms with van der Waals surface area (Å²) in [6.45, 7) is 6.44. The van der Waals surface area contributed by atoms with Crippen LogP contribution >= 0.6 is 0 Å². The minimum absolute atomic E-state index is 0.144. The lowest BCUT2D eigenvalue weighted by Crippen LogP contribution is -2.36. The second-order valence-corrected chi connectivity index (χ2v) is 5.38. The van der Waals surface area contributed by atoms with Crippen LogP contribution in [0.3, 0.4) is 0 Å². The minimum atomic E-state index is 0.144. The van der Waals surface area contributed by atoms with Crippen molar-refractivity contribution in [1.82, 2.24) is 19.8 Å². The van der Waals surface area contributed by atoms with Gasteiger partial charge in [0.05, 0.1) is 18.0 Å². The van der Waals surface area contributed by atoms with E-state index >= 15 is 0 Å². The number of aliphatic hydroxyl groups excluding tert-OH is 1. The summed E-state index contributed by atoms with van der Waals surface area (Å²) in [5.41, 5.74) is 3.24. The van der Waals surface area contributed by atoms with Crippen molar-refractivity contribution in [3.63, 3.8) is 0 Å². The molecule has 0 bridgehead atoms. The van der Waals surface area contributed by atoms with Gasteiger partial charge in [0.15, 0.2) is 0 Å². The van der Waals surface area contributed by atoms with E-state index in [9.17, 15) is 5.11 Å². The number of aromatic nitrogens is 3. The van der Waals surface area contributed by atoms with Gasteiger partial charge in [-0.15, -0.1) is 0 Å². The molecule has 3 rings (SSSR count). The number of hydrogen-bond donors (Lipinski definition) is 1. The highest BCUT2D eigenvalue weighted by molar-refractivity contribution is 5.21. The number of nitrogens with zero attached hydrogens (tertiary/aromatic N) is 4. The Morgan fingerprint density at radius 2 is 2.30 bits per heavy atom. The van der Waals surface area contributed by atoms with Gasteiger partial charge in [-0.25, -0.2) is 0 Å². The zero-order chi connectivity index (χ0) is 14.1. The highest BCUT2D eigenvalue weighted by Crippen LogP contribution is 2.22. The molecule has 1 aliphatic heterocycles. The van der Waals surface area contributed by atoms with Gasteiger partial charge in [-0.1, -0.05) is 5.16 Å². The molecule has 1 atom stereocenters. The van der Waals surface area contributed by atoms with Crippen molar-refractivity contribution in [2.45, 2.75) is 45.9 Å². The summed E-state index contributed by atoms with van der Waals surface area (Å²) in [5, 5.41) is 18.0. The molecule has 0 unspecified atom stereocenters. The van der Waals surface area contributed by atoms with Gasteiger partial charge in [-0.05, 0) is 26.3 Å². The average molecular weight is 276 g/mol. The lowest BCUT2D eigenvalue weighted by Gasteiger charge is -2.27. The fraction of sp³-hybridized carbons (Fsp3) is 0.571. The van der Waals surface area contributed by atoms with E-state index in [1.54, 1.807) is 0 Å². The van der Waals surface area contributed by atoms with Gasteiger partial charge in [0.2, 0.25) is 0 Å². The number of aliphatic hydroxyl groups is 1. The van der Waals surface area contributed by atoms with E-state index in [4.69, 9.17) is 4.52 Å². The standard InChI is InChI=1S/C14H20N4O2/c1-10-14(11(2)20-16-10)8-17-7-12-3-5-15-18(12)6-4-13(17)9-19/h3,5,13,19H,4,6-9H2,1-2H3/t13-/m0/s1. The SMILES string of the molecule is Cc1noc(C)c1CN1Cc2ccnn2CC[C@H]1CO. The highest BCUT2D eigenvalue weighted by atomic mass is 16.5. The molecule has 0 spiro atoms. The zero-order valence-corrected chi connectivity index (χ0v) is 11.9. The smallest absolute Gasteiger partial charge is 0.138 e. The number of fused-ring (bicyclic) bond motifs is 1. The Labute approximate surface area is 118 Å². The first kappa shape index (κ1) is 13.3. The monoisotopic (exact) mass is 276 g/mol. The Hall–Kier alpha value is -1.66. The van der Waals surface area contributed by atoms with Crippen LogP contribution in [0.25, 0.3) is 0 Å². The second-order valence-electron chi connectivity index (χ2n) is 5.38. The third kappa shape index (κ3) is 2.36. The summed E-state index contributed by atoms with van der Waals surface area (Å²) in [6, 6.07) is 2.19. The van der Waals surface area contributed by atoms with E-state index in [-0.39, 0.29) is 12.6 Å². The van der Waals surface area contributed by atoms with Crippen molar-refractivity contribution in [2.24, 2.45) is 0 Å². The molecule has 0 aliphatic carbocycles. The topological polar surface area (TPSA) is 67.3 Å². The van der Waals surface area contributed by atoms with Gasteiger partial charge in [0.25, 0.3) is 0 Å². The van der Waals surface area contributed by atoms with Crippen LogP contribution in [0.5, 0.6) is 0 Å². The average Bonchev–Trinajstić information content (AvgIpc) is 2.96. The van der Waals surface area contributed by atoms with E-state index < -0.39 is 0 Å². The summed E-state index contributed by atoms with van der Waals surface area (Å²) in [5.74, 6) is 0.858. The second kappa shape index (κ2) is 5.38. The van der Waals surface area contributed by atoms with Crippen LogP contribution in [-0.2, 0) is 19.6 Å². The highest BCUT2D eigenvalue weighted by Gasteiger charge is 2.25. The first-order valence-electron chi connectivity index (χ1n) is 6.96. The lowest BCUT2D eigenvalue weighted by atomic mass is 10.1. The Balaban J connectivity index is 1.85. The molecule has 0 aromatic carbocycles. The van der Waals surface area contributed by atoms with E-state index in [0.717, 1.165) is 43.1 Å². The van der Waals surface area contributed by atoms with Gasteiger partial charge in [0.1, 0.15) is 5.76 Å². The maximum absolute atomic E-state index is 9.66. The Bertz CT molecular complexity index is 570. The Morgan fingerprint density at radius 3 is 3.00 bits per heavy atom. The Morgan fingerprint density at radius 1 is 1.45 bits per heavy atom. The summed E-state index contributed by atoms with van der Waals surface area (Å²) in [4.78, 5) is 2.28. The first-order chi connectivity index (χ1) is 9.69. The van der Waals surface area contributed by atoms with Gasteiger partial charge >= 0.3 is 0 Å². The Kier molecular flexibility index (Phi) is 3.58. The van der Waals surface area contributed by atoms with Crippen LogP contribution < -0.4 is 0 Å². The molecule has 0 amide bonds. The van der Waals surface area contributed by atoms with Crippen molar-refractivity contribution in [1.29, 1.82) is 0 Å². The molecule has 0 radical (unpaired) electrons. The first-order valence-corrected chi connectivity index (χ1v) is 6.96. The van der Waals surface area contributed by atoms with Gasteiger partial charge in [-0.3, -0.25) is 9.58 Å². The molecule has 20 heavy (non-hydrogen) atoms. The van der Waals surface area contributed by atoms with Crippen LogP contribution in [0.1, 0.15) is 29.1 Å². The molecule has 0 saturated carbocycles. The quantitative estimate of drug-likeness (QED) is 0.914. The molecule has 6 heteroatoms. The summed E-state index contributed by atoms with van der Waals surface area (Å²) in [7, 11) is 0. The predicted octanol–water partition coefficient (Wildman–Crippen LogP) is 1.25. The van der Waals surface area contributed by atoms with E-state index in [0.29, 0.717) is 0 Å². The van der Waals surface area contributed by atoms with Crippen molar-refractivity contribution in [3.05, 3.63) is 35.0 Å². The molecule has 3 heterocycles. The largest absolute Gasteiger partial charge is 0.395 e.